The molecule has 0 aliphatic rings. The van der Waals surface area contributed by atoms with E-state index in [0.29, 0.717) is 18.4 Å². The van der Waals surface area contributed by atoms with Crippen LogP contribution in [0.15, 0.2) is 34.5 Å². The van der Waals surface area contributed by atoms with Gasteiger partial charge in [-0.05, 0) is 71.5 Å². The molecule has 0 unspecified atom stereocenters. The summed E-state index contributed by atoms with van der Waals surface area (Å²) in [6.07, 6.45) is 0.876. The Bertz CT molecular complexity index is 1520. The second-order valence-corrected chi connectivity index (χ2v) is 17.7. The maximum atomic E-state index is 13.6. The lowest BCUT2D eigenvalue weighted by Gasteiger charge is -2.25. The molecule has 3 amide bonds. The first-order valence-corrected chi connectivity index (χ1v) is 20.0. The molecule has 6 N–H and O–H groups in total. The number of carbonyl (C=O) groups excluding carboxylic acids is 3. The van der Waals surface area contributed by atoms with Crippen LogP contribution in [-0.2, 0) is 40.9 Å². The lowest BCUT2D eigenvalue weighted by atomic mass is 10.0. The Morgan fingerprint density at radius 3 is 2.07 bits per heavy atom. The molecule has 0 bridgehead atoms. The molecule has 0 saturated heterocycles. The van der Waals surface area contributed by atoms with E-state index < -0.39 is 61.6 Å². The summed E-state index contributed by atoms with van der Waals surface area (Å²) in [4.78, 5) is 40.0. The molecule has 252 valence electrons. The molecular weight excluding hydrogens is 824 g/mol. The molecule has 0 radical (unpaired) electrons. The van der Waals surface area contributed by atoms with Crippen molar-refractivity contribution in [1.82, 2.24) is 20.7 Å². The van der Waals surface area contributed by atoms with Gasteiger partial charge >= 0.3 is 0 Å². The van der Waals surface area contributed by atoms with Crippen LogP contribution in [-0.4, -0.2) is 70.9 Å². The van der Waals surface area contributed by atoms with Gasteiger partial charge in [0.05, 0.1) is 10.8 Å². The number of benzene rings is 1. The predicted molar refractivity (Wildman–Crippen MR) is 186 cm³/mol. The molecule has 1 aromatic carbocycles. The molecule has 0 aliphatic carbocycles. The first kappa shape index (κ1) is 39.9. The summed E-state index contributed by atoms with van der Waals surface area (Å²) in [5.74, 6) is -3.06. The number of rotatable bonds is 18. The molecule has 3 atom stereocenters. The molecule has 0 aliphatic heterocycles. The lowest BCUT2D eigenvalue weighted by Crippen LogP contribution is -2.58. The van der Waals surface area contributed by atoms with Gasteiger partial charge in [-0.15, -0.1) is 22.9 Å². The Balaban J connectivity index is 2.40. The van der Waals surface area contributed by atoms with Crippen molar-refractivity contribution in [3.8, 4) is 0 Å². The Labute approximate surface area is 296 Å². The number of sulfonamides is 2. The van der Waals surface area contributed by atoms with Gasteiger partial charge in [0.1, 0.15) is 26.7 Å². The third-order valence-corrected chi connectivity index (χ3v) is 11.8. The van der Waals surface area contributed by atoms with Crippen LogP contribution in [0.5, 0.6) is 0 Å². The monoisotopic (exact) mass is 857 g/mol. The average Bonchev–Trinajstić information content (AvgIpc) is 3.29. The van der Waals surface area contributed by atoms with Crippen LogP contribution < -0.4 is 25.8 Å². The molecule has 2 rings (SSSR count). The quantitative estimate of drug-likeness (QED) is 0.0865. The summed E-state index contributed by atoms with van der Waals surface area (Å²) in [7, 11) is -8.46. The second kappa shape index (κ2) is 18.3. The van der Waals surface area contributed by atoms with Crippen molar-refractivity contribution in [2.75, 3.05) is 18.2 Å². The number of carbonyl (C=O) groups is 3. The van der Waals surface area contributed by atoms with Crippen molar-refractivity contribution < 1.29 is 31.2 Å². The van der Waals surface area contributed by atoms with Crippen LogP contribution in [0.25, 0.3) is 0 Å². The number of hydrogen-bond acceptors (Lipinski definition) is 8. The van der Waals surface area contributed by atoms with E-state index >= 15 is 0 Å². The fourth-order valence-electron chi connectivity index (χ4n) is 3.87. The number of hydrogen-bond donors (Lipinski definition) is 5. The smallest absolute Gasteiger partial charge is 0.250 e. The van der Waals surface area contributed by atoms with Gasteiger partial charge in [-0.2, -0.15) is 4.72 Å². The van der Waals surface area contributed by atoms with E-state index in [0.717, 1.165) is 14.9 Å². The number of primary sulfonamides is 1. The van der Waals surface area contributed by atoms with Crippen LogP contribution in [0.1, 0.15) is 38.7 Å². The highest BCUT2D eigenvalue weighted by Crippen LogP contribution is 2.34. The van der Waals surface area contributed by atoms with Crippen LogP contribution in [0.4, 0.5) is 0 Å². The Kier molecular flexibility index (Phi) is 16.3. The zero-order valence-electron chi connectivity index (χ0n) is 24.3. The molecule has 1 aromatic heterocycles. The van der Waals surface area contributed by atoms with Crippen molar-refractivity contribution in [3.63, 3.8) is 0 Å². The van der Waals surface area contributed by atoms with Crippen LogP contribution in [0.3, 0.4) is 0 Å². The predicted octanol–water partition coefficient (Wildman–Crippen LogP) is 2.99. The van der Waals surface area contributed by atoms with Gasteiger partial charge in [0.2, 0.25) is 27.7 Å². The zero-order chi connectivity index (χ0) is 33.9. The first-order valence-electron chi connectivity index (χ1n) is 13.6. The minimum Gasteiger partial charge on any atom is -0.354 e. The van der Waals surface area contributed by atoms with Crippen molar-refractivity contribution >= 4 is 106 Å². The van der Waals surface area contributed by atoms with E-state index in [2.05, 4.69) is 43.3 Å². The third-order valence-electron chi connectivity index (χ3n) is 6.16. The zero-order valence-corrected chi connectivity index (χ0v) is 31.2. The molecule has 45 heavy (non-hydrogen) atoms. The summed E-state index contributed by atoms with van der Waals surface area (Å²) in [5, 5.41) is 12.7. The maximum Gasteiger partial charge on any atom is 0.250 e. The summed E-state index contributed by atoms with van der Waals surface area (Å²) >= 11 is 20.4. The topological polar surface area (TPSA) is 194 Å². The number of thiophene rings is 1. The van der Waals surface area contributed by atoms with Crippen LogP contribution in [0.2, 0.25) is 9.36 Å². The third kappa shape index (κ3) is 14.2. The molecule has 1 heterocycles. The largest absolute Gasteiger partial charge is 0.354 e. The minimum atomic E-state index is -4.24. The molecule has 0 fully saturated rings. The first-order chi connectivity index (χ1) is 20.9. The van der Waals surface area contributed by atoms with E-state index in [-0.39, 0.29) is 44.8 Å². The fourth-order valence-corrected chi connectivity index (χ4v) is 8.19. The minimum absolute atomic E-state index is 0.0419. The molecule has 19 heteroatoms. The summed E-state index contributed by atoms with van der Waals surface area (Å²) < 4.78 is 53.3. The normalized spacial score (nSPS) is 14.0. The Morgan fingerprint density at radius 1 is 0.933 bits per heavy atom. The van der Waals surface area contributed by atoms with E-state index in [4.69, 9.17) is 39.9 Å². The van der Waals surface area contributed by atoms with Gasteiger partial charge in [0, 0.05) is 22.4 Å². The number of alkyl halides is 1. The summed E-state index contributed by atoms with van der Waals surface area (Å²) in [6.45, 7) is 3.93. The number of halogens is 4. The van der Waals surface area contributed by atoms with Gasteiger partial charge in [0.25, 0.3) is 10.0 Å². The van der Waals surface area contributed by atoms with Gasteiger partial charge in [-0.3, -0.25) is 14.4 Å². The summed E-state index contributed by atoms with van der Waals surface area (Å²) in [6, 6.07) is 4.00. The molecule has 2 aromatic rings. The fraction of sp³-hybridized carbons (Fsp3) is 0.500. The van der Waals surface area contributed by atoms with Crippen molar-refractivity contribution in [2.24, 2.45) is 11.1 Å². The van der Waals surface area contributed by atoms with Gasteiger partial charge in [-0.25, -0.2) is 22.0 Å². The van der Waals surface area contributed by atoms with E-state index in [1.54, 1.807) is 24.3 Å². The lowest BCUT2D eigenvalue weighted by molar-refractivity contribution is -0.132. The van der Waals surface area contributed by atoms with Crippen molar-refractivity contribution in [2.45, 2.75) is 61.9 Å². The Hall–Kier alpha value is -1.25. The van der Waals surface area contributed by atoms with Crippen LogP contribution in [0, 0.1) is 9.49 Å². The molecule has 0 saturated carbocycles. The van der Waals surface area contributed by atoms with E-state index in [9.17, 15) is 31.2 Å². The van der Waals surface area contributed by atoms with Gasteiger partial charge < -0.3 is 16.0 Å². The van der Waals surface area contributed by atoms with Gasteiger partial charge in [-0.1, -0.05) is 49.2 Å². The number of amides is 3. The highest BCUT2D eigenvalue weighted by molar-refractivity contribution is 14.1. The van der Waals surface area contributed by atoms with Crippen molar-refractivity contribution in [3.05, 3.63) is 48.8 Å². The van der Waals surface area contributed by atoms with Gasteiger partial charge in [0.15, 0.2) is 0 Å². The average molecular weight is 859 g/mol. The Morgan fingerprint density at radius 2 is 1.53 bits per heavy atom. The summed E-state index contributed by atoms with van der Waals surface area (Å²) in [5.41, 5.74) is 0.632. The number of nitrogens with two attached hydrogens (primary N) is 1. The number of nitrogens with one attached hydrogen (secondary N) is 4. The SMILES string of the molecule is CC(C)CC[C@H](NS(=O)(=O)c1cc(Cl)c(Cl)s1)C(=O)N[C@@H](Cc1ccc(I)cc1)C(=O)N[C@@H](CS(N)(=O)=O)C(=O)NCCCCl. The van der Waals surface area contributed by atoms with Crippen LogP contribution >= 0.6 is 68.7 Å². The van der Waals surface area contributed by atoms with E-state index in [1.807, 2.05) is 13.8 Å². The standard InChI is InChI=1S/C26H35Cl3IN5O7S3/c1-15(2)4-9-19(35-45(41,42)22-13-18(28)23(29)43-22)25(37)33-20(12-16-5-7-17(30)8-6-16)26(38)34-21(14-44(31,39)40)24(36)32-11-3-10-27/h5-8,13,15,19-21,35H,3-4,9-12,14H2,1-2H3,(H,32,36)(H,33,37)(H,34,38)(H2,31,39,40)/t19-,20-,21-/m0/s1. The molecule has 12 nitrogen and oxygen atoms in total. The highest BCUT2D eigenvalue weighted by Gasteiger charge is 2.33. The second-order valence-electron chi connectivity index (χ2n) is 10.4. The maximum absolute atomic E-state index is 13.6. The van der Waals surface area contributed by atoms with E-state index in [1.165, 1.54) is 6.07 Å². The highest BCUT2D eigenvalue weighted by atomic mass is 127. The van der Waals surface area contributed by atoms with Crippen molar-refractivity contribution in [1.29, 1.82) is 0 Å². The molecular formula is C26H35Cl3IN5O7S3. The molecule has 0 spiro atoms.